The first-order valence-electron chi connectivity index (χ1n) is 15.8. The molecule has 0 radical (unpaired) electrons. The number of hydrogen-bond acceptors (Lipinski definition) is 6. The maximum absolute atomic E-state index is 12.7. The fourth-order valence-electron chi connectivity index (χ4n) is 5.97. The summed E-state index contributed by atoms with van der Waals surface area (Å²) in [6, 6.07) is 32.0. The summed E-state index contributed by atoms with van der Waals surface area (Å²) in [5.41, 5.74) is 4.15. The smallest absolute Gasteiger partial charge is 0.323 e. The Morgan fingerprint density at radius 2 is 1.38 bits per heavy atom. The van der Waals surface area contributed by atoms with E-state index in [0.717, 1.165) is 42.1 Å². The van der Waals surface area contributed by atoms with Crippen LogP contribution in [0.1, 0.15) is 55.3 Å². The molecule has 4 aromatic rings. The zero-order chi connectivity index (χ0) is 31.0. The molecule has 2 aliphatic heterocycles. The van der Waals surface area contributed by atoms with Gasteiger partial charge in [-0.1, -0.05) is 67.9 Å². The third kappa shape index (κ3) is 8.09. The van der Waals surface area contributed by atoms with Gasteiger partial charge in [-0.05, 0) is 85.6 Å². The molecule has 0 bridgehead atoms. The molecule has 0 saturated carbocycles. The number of anilines is 2. The molecule has 0 aromatic heterocycles. The molecule has 0 unspecified atom stereocenters. The van der Waals surface area contributed by atoms with E-state index in [-0.39, 0.29) is 30.8 Å². The normalized spacial score (nSPS) is 22.0. The SMILES string of the molecule is C[C@@H]1[C@H](CN2CCCCC2)O[C@H](c2ccc(NC(=O)Nc3ccc(Oc4ccccc4)cc3)cc2)O[C@@H]1c1ccc(CO)cc1. The van der Waals surface area contributed by atoms with Gasteiger partial charge >= 0.3 is 6.03 Å². The van der Waals surface area contributed by atoms with E-state index in [4.69, 9.17) is 14.2 Å². The van der Waals surface area contributed by atoms with Gasteiger partial charge in [0.25, 0.3) is 0 Å². The Bertz CT molecular complexity index is 1510. The number of nitrogens with one attached hydrogen (secondary N) is 2. The topological polar surface area (TPSA) is 92.3 Å². The molecule has 2 saturated heterocycles. The Labute approximate surface area is 264 Å². The van der Waals surface area contributed by atoms with Gasteiger partial charge in [0.05, 0.1) is 18.8 Å². The Morgan fingerprint density at radius 3 is 2.02 bits per heavy atom. The number of urea groups is 1. The summed E-state index contributed by atoms with van der Waals surface area (Å²) in [4.78, 5) is 15.2. The number of para-hydroxylation sites is 1. The van der Waals surface area contributed by atoms with Crippen molar-refractivity contribution in [3.63, 3.8) is 0 Å². The number of ether oxygens (including phenoxy) is 3. The van der Waals surface area contributed by atoms with Crippen molar-refractivity contribution in [3.05, 3.63) is 120 Å². The quantitative estimate of drug-likeness (QED) is 0.179. The van der Waals surface area contributed by atoms with Crippen LogP contribution in [-0.2, 0) is 16.1 Å². The van der Waals surface area contributed by atoms with Crippen LogP contribution in [0.3, 0.4) is 0 Å². The second-order valence-electron chi connectivity index (χ2n) is 11.8. The average Bonchev–Trinajstić information content (AvgIpc) is 3.08. The number of likely N-dealkylation sites (tertiary alicyclic amines) is 1. The first-order valence-corrected chi connectivity index (χ1v) is 15.8. The van der Waals surface area contributed by atoms with Crippen LogP contribution in [0.25, 0.3) is 0 Å². The number of hydrogen-bond donors (Lipinski definition) is 3. The number of piperidine rings is 1. The highest BCUT2D eigenvalue weighted by atomic mass is 16.7. The molecular weight excluding hydrogens is 566 g/mol. The standard InChI is InChI=1S/C37H41N3O5/c1-26-34(24-40-22-6-3-7-23-40)44-36(45-35(26)28-12-10-27(25-41)11-13-28)29-14-16-30(17-15-29)38-37(42)39-31-18-20-33(21-19-31)43-32-8-4-2-5-9-32/h2,4-5,8-21,26,34-36,41H,3,6-7,22-25H2,1H3,(H2,38,39,42)/t26-,34+,35+,36+/m1/s1. The zero-order valence-corrected chi connectivity index (χ0v) is 25.6. The molecule has 4 atom stereocenters. The fraction of sp³-hybridized carbons (Fsp3) is 0.324. The number of amides is 2. The van der Waals surface area contributed by atoms with E-state index in [2.05, 4.69) is 22.5 Å². The van der Waals surface area contributed by atoms with E-state index in [1.165, 1.54) is 19.3 Å². The van der Waals surface area contributed by atoms with Crippen molar-refractivity contribution in [2.45, 2.75) is 51.3 Å². The summed E-state index contributed by atoms with van der Waals surface area (Å²) < 4.78 is 19.0. The van der Waals surface area contributed by atoms with E-state index in [9.17, 15) is 9.90 Å². The van der Waals surface area contributed by atoms with Crippen LogP contribution < -0.4 is 15.4 Å². The monoisotopic (exact) mass is 607 g/mol. The molecule has 2 heterocycles. The molecule has 2 aliphatic rings. The van der Waals surface area contributed by atoms with Crippen molar-refractivity contribution in [3.8, 4) is 11.5 Å². The Morgan fingerprint density at radius 1 is 0.778 bits per heavy atom. The Kier molecular flexibility index (Phi) is 10.1. The molecule has 8 heteroatoms. The minimum absolute atomic E-state index is 0.00238. The molecule has 234 valence electrons. The molecule has 45 heavy (non-hydrogen) atoms. The van der Waals surface area contributed by atoms with Gasteiger partial charge in [-0.15, -0.1) is 0 Å². The number of benzene rings is 4. The predicted molar refractivity (Wildman–Crippen MR) is 175 cm³/mol. The molecule has 4 aromatic carbocycles. The summed E-state index contributed by atoms with van der Waals surface area (Å²) in [5, 5.41) is 15.3. The lowest BCUT2D eigenvalue weighted by molar-refractivity contribution is -0.276. The Balaban J connectivity index is 1.09. The van der Waals surface area contributed by atoms with E-state index >= 15 is 0 Å². The number of carbonyl (C=O) groups is 1. The number of rotatable bonds is 9. The van der Waals surface area contributed by atoms with Gasteiger partial charge in [-0.25, -0.2) is 4.79 Å². The molecule has 2 amide bonds. The third-order valence-electron chi connectivity index (χ3n) is 8.54. The van der Waals surface area contributed by atoms with Crippen molar-refractivity contribution in [1.29, 1.82) is 0 Å². The summed E-state index contributed by atoms with van der Waals surface area (Å²) in [6.45, 7) is 5.28. The second kappa shape index (κ2) is 14.7. The lowest BCUT2D eigenvalue weighted by Crippen LogP contribution is -2.45. The van der Waals surface area contributed by atoms with E-state index in [1.54, 1.807) is 12.1 Å². The van der Waals surface area contributed by atoms with Crippen LogP contribution in [0.15, 0.2) is 103 Å². The maximum Gasteiger partial charge on any atom is 0.323 e. The lowest BCUT2D eigenvalue weighted by Gasteiger charge is -2.43. The largest absolute Gasteiger partial charge is 0.457 e. The van der Waals surface area contributed by atoms with Crippen molar-refractivity contribution in [2.24, 2.45) is 5.92 Å². The number of aliphatic hydroxyl groups excluding tert-OH is 1. The number of aliphatic hydroxyl groups is 1. The highest BCUT2D eigenvalue weighted by molar-refractivity contribution is 5.99. The van der Waals surface area contributed by atoms with E-state index in [0.29, 0.717) is 17.1 Å². The summed E-state index contributed by atoms with van der Waals surface area (Å²) in [6.07, 6.45) is 3.04. The van der Waals surface area contributed by atoms with Crippen LogP contribution in [0.5, 0.6) is 11.5 Å². The minimum Gasteiger partial charge on any atom is -0.457 e. The minimum atomic E-state index is -0.544. The van der Waals surface area contributed by atoms with Gasteiger partial charge in [0, 0.05) is 29.4 Å². The molecule has 2 fully saturated rings. The van der Waals surface area contributed by atoms with E-state index in [1.807, 2.05) is 91.0 Å². The summed E-state index contributed by atoms with van der Waals surface area (Å²) in [5.74, 6) is 1.58. The molecule has 8 nitrogen and oxygen atoms in total. The highest BCUT2D eigenvalue weighted by Crippen LogP contribution is 2.42. The fourth-order valence-corrected chi connectivity index (χ4v) is 5.97. The number of nitrogens with zero attached hydrogens (tertiary/aromatic N) is 1. The molecule has 0 aliphatic carbocycles. The number of carbonyl (C=O) groups excluding carboxylic acids is 1. The summed E-state index contributed by atoms with van der Waals surface area (Å²) in [7, 11) is 0. The van der Waals surface area contributed by atoms with Gasteiger partial charge in [0.2, 0.25) is 0 Å². The van der Waals surface area contributed by atoms with Crippen LogP contribution in [0.4, 0.5) is 16.2 Å². The van der Waals surface area contributed by atoms with Gasteiger partial charge in [0.1, 0.15) is 11.5 Å². The lowest BCUT2D eigenvalue weighted by atomic mass is 9.89. The highest BCUT2D eigenvalue weighted by Gasteiger charge is 2.39. The van der Waals surface area contributed by atoms with Crippen LogP contribution >= 0.6 is 0 Å². The van der Waals surface area contributed by atoms with Crippen molar-refractivity contribution in [2.75, 3.05) is 30.3 Å². The van der Waals surface area contributed by atoms with Gasteiger partial charge in [-0.2, -0.15) is 0 Å². The zero-order valence-electron chi connectivity index (χ0n) is 25.6. The van der Waals surface area contributed by atoms with Crippen molar-refractivity contribution >= 4 is 17.4 Å². The molecular formula is C37H41N3O5. The summed E-state index contributed by atoms with van der Waals surface area (Å²) >= 11 is 0. The first-order chi connectivity index (χ1) is 22.0. The van der Waals surface area contributed by atoms with Crippen LogP contribution in [0.2, 0.25) is 0 Å². The van der Waals surface area contributed by atoms with Crippen LogP contribution in [-0.4, -0.2) is 41.8 Å². The maximum atomic E-state index is 12.7. The van der Waals surface area contributed by atoms with Gasteiger partial charge in [-0.3, -0.25) is 0 Å². The van der Waals surface area contributed by atoms with Gasteiger partial charge < -0.3 is 34.9 Å². The van der Waals surface area contributed by atoms with Crippen LogP contribution in [0, 0.1) is 5.92 Å². The van der Waals surface area contributed by atoms with Crippen molar-refractivity contribution in [1.82, 2.24) is 4.90 Å². The Hall–Kier alpha value is -4.21. The second-order valence-corrected chi connectivity index (χ2v) is 11.8. The van der Waals surface area contributed by atoms with E-state index < -0.39 is 6.29 Å². The molecule has 0 spiro atoms. The molecule has 6 rings (SSSR count). The van der Waals surface area contributed by atoms with Crippen molar-refractivity contribution < 1.29 is 24.1 Å². The van der Waals surface area contributed by atoms with Gasteiger partial charge in [0.15, 0.2) is 6.29 Å². The average molecular weight is 608 g/mol. The first kappa shape index (κ1) is 30.8. The third-order valence-corrected chi connectivity index (χ3v) is 8.54. The molecule has 3 N–H and O–H groups in total. The predicted octanol–water partition coefficient (Wildman–Crippen LogP) is 7.89.